The number of allylic oxidation sites excluding steroid dienone is 2. The molecule has 1 amide bonds. The second-order valence-corrected chi connectivity index (χ2v) is 8.06. The highest BCUT2D eigenvalue weighted by Gasteiger charge is 2.35. The highest BCUT2D eigenvalue weighted by atomic mass is 16.3. The Bertz CT molecular complexity index is 380. The van der Waals surface area contributed by atoms with Crippen LogP contribution in [0.4, 0.5) is 0 Å². The van der Waals surface area contributed by atoms with Gasteiger partial charge in [0, 0.05) is 6.61 Å². The van der Waals surface area contributed by atoms with E-state index < -0.39 is 0 Å². The van der Waals surface area contributed by atoms with Crippen molar-refractivity contribution in [2.24, 2.45) is 17.1 Å². The number of aliphatic hydroxyl groups excluding tert-OH is 1. The van der Waals surface area contributed by atoms with Crippen molar-refractivity contribution >= 4 is 5.91 Å². The number of hydrogen-bond donors (Lipinski definition) is 2. The molecular weight excluding hydrogens is 310 g/mol. The first kappa shape index (κ1) is 22.2. The molecule has 3 nitrogen and oxygen atoms in total. The topological polar surface area (TPSA) is 63.3 Å². The van der Waals surface area contributed by atoms with Gasteiger partial charge in [0.2, 0.25) is 5.91 Å². The molecule has 0 aromatic rings. The van der Waals surface area contributed by atoms with E-state index in [4.69, 9.17) is 5.73 Å². The number of unbranched alkanes of at least 4 members (excludes halogenated alkanes) is 7. The third-order valence-corrected chi connectivity index (χ3v) is 5.98. The van der Waals surface area contributed by atoms with Gasteiger partial charge in [-0.15, -0.1) is 0 Å². The van der Waals surface area contributed by atoms with Crippen LogP contribution in [0.1, 0.15) is 103 Å². The lowest BCUT2D eigenvalue weighted by atomic mass is 9.72. The van der Waals surface area contributed by atoms with Gasteiger partial charge in [0.1, 0.15) is 0 Å². The largest absolute Gasteiger partial charge is 0.396 e. The van der Waals surface area contributed by atoms with Crippen LogP contribution in [0.25, 0.3) is 0 Å². The SMILES string of the molecule is CCCCCCCCC(CO)CCCCCC1(C(N)=O)CC=CCC1. The minimum atomic E-state index is -0.288. The van der Waals surface area contributed by atoms with E-state index in [1.54, 1.807) is 0 Å². The Kier molecular flexibility index (Phi) is 11.9. The fourth-order valence-electron chi connectivity index (χ4n) is 4.08. The molecular formula is C22H41NO2. The first-order chi connectivity index (χ1) is 12.1. The van der Waals surface area contributed by atoms with Crippen molar-refractivity contribution in [3.63, 3.8) is 0 Å². The maximum atomic E-state index is 11.9. The fraction of sp³-hybridized carbons (Fsp3) is 0.864. The summed E-state index contributed by atoms with van der Waals surface area (Å²) in [5, 5.41) is 9.57. The highest BCUT2D eigenvalue weighted by molar-refractivity contribution is 5.81. The molecule has 0 spiro atoms. The summed E-state index contributed by atoms with van der Waals surface area (Å²) < 4.78 is 0. The molecule has 3 N–H and O–H groups in total. The van der Waals surface area contributed by atoms with Crippen LogP contribution in [0.2, 0.25) is 0 Å². The summed E-state index contributed by atoms with van der Waals surface area (Å²) >= 11 is 0. The molecule has 0 aromatic heterocycles. The van der Waals surface area contributed by atoms with Crippen LogP contribution in [-0.4, -0.2) is 17.6 Å². The van der Waals surface area contributed by atoms with E-state index in [1.807, 2.05) is 0 Å². The molecule has 0 saturated heterocycles. The van der Waals surface area contributed by atoms with Crippen LogP contribution in [0, 0.1) is 11.3 Å². The van der Waals surface area contributed by atoms with Gasteiger partial charge in [-0.25, -0.2) is 0 Å². The predicted octanol–water partition coefficient (Wildman–Crippen LogP) is 5.51. The molecule has 1 aliphatic rings. The van der Waals surface area contributed by atoms with E-state index in [2.05, 4.69) is 19.1 Å². The molecule has 25 heavy (non-hydrogen) atoms. The average Bonchev–Trinajstić information content (AvgIpc) is 2.63. The molecule has 0 aliphatic heterocycles. The molecule has 0 aromatic carbocycles. The lowest BCUT2D eigenvalue weighted by Crippen LogP contribution is -2.37. The van der Waals surface area contributed by atoms with Crippen LogP contribution in [0.15, 0.2) is 12.2 Å². The monoisotopic (exact) mass is 351 g/mol. The summed E-state index contributed by atoms with van der Waals surface area (Å²) in [6, 6.07) is 0. The zero-order chi connectivity index (χ0) is 18.4. The lowest BCUT2D eigenvalue weighted by Gasteiger charge is -2.31. The first-order valence-corrected chi connectivity index (χ1v) is 10.7. The lowest BCUT2D eigenvalue weighted by molar-refractivity contribution is -0.128. The van der Waals surface area contributed by atoms with Crippen LogP contribution in [-0.2, 0) is 4.79 Å². The Hall–Kier alpha value is -0.830. The van der Waals surface area contributed by atoms with Gasteiger partial charge in [0.15, 0.2) is 0 Å². The molecule has 146 valence electrons. The minimum Gasteiger partial charge on any atom is -0.396 e. The second-order valence-electron chi connectivity index (χ2n) is 8.06. The van der Waals surface area contributed by atoms with Gasteiger partial charge >= 0.3 is 0 Å². The van der Waals surface area contributed by atoms with Crippen molar-refractivity contribution in [3.05, 3.63) is 12.2 Å². The third kappa shape index (κ3) is 8.89. The summed E-state index contributed by atoms with van der Waals surface area (Å²) in [6.45, 7) is 2.57. The Labute approximate surface area is 155 Å². The Morgan fingerprint density at radius 2 is 1.68 bits per heavy atom. The molecule has 2 atom stereocenters. The van der Waals surface area contributed by atoms with E-state index in [9.17, 15) is 9.90 Å². The smallest absolute Gasteiger partial charge is 0.223 e. The van der Waals surface area contributed by atoms with Gasteiger partial charge in [-0.3, -0.25) is 4.79 Å². The summed E-state index contributed by atoms with van der Waals surface area (Å²) in [4.78, 5) is 11.9. The minimum absolute atomic E-state index is 0.117. The van der Waals surface area contributed by atoms with Crippen molar-refractivity contribution in [1.82, 2.24) is 0 Å². The van der Waals surface area contributed by atoms with Crippen molar-refractivity contribution in [1.29, 1.82) is 0 Å². The first-order valence-electron chi connectivity index (χ1n) is 10.7. The average molecular weight is 352 g/mol. The predicted molar refractivity (Wildman–Crippen MR) is 106 cm³/mol. The van der Waals surface area contributed by atoms with Gasteiger partial charge in [-0.1, -0.05) is 76.9 Å². The van der Waals surface area contributed by atoms with Gasteiger partial charge < -0.3 is 10.8 Å². The quantitative estimate of drug-likeness (QED) is 0.302. The fourth-order valence-corrected chi connectivity index (χ4v) is 4.08. The number of carbonyl (C=O) groups is 1. The summed E-state index contributed by atoms with van der Waals surface area (Å²) in [6.07, 6.45) is 21.5. The zero-order valence-corrected chi connectivity index (χ0v) is 16.5. The Morgan fingerprint density at radius 3 is 2.24 bits per heavy atom. The van der Waals surface area contributed by atoms with Crippen molar-refractivity contribution in [3.8, 4) is 0 Å². The van der Waals surface area contributed by atoms with Gasteiger partial charge in [-0.2, -0.15) is 0 Å². The molecule has 0 heterocycles. The van der Waals surface area contributed by atoms with Crippen molar-refractivity contribution < 1.29 is 9.90 Å². The number of carbonyl (C=O) groups excluding carboxylic acids is 1. The molecule has 0 saturated carbocycles. The van der Waals surface area contributed by atoms with E-state index in [0.29, 0.717) is 12.5 Å². The van der Waals surface area contributed by atoms with E-state index in [-0.39, 0.29) is 11.3 Å². The van der Waals surface area contributed by atoms with Gasteiger partial charge in [0.25, 0.3) is 0 Å². The highest BCUT2D eigenvalue weighted by Crippen LogP contribution is 2.37. The van der Waals surface area contributed by atoms with Crippen LogP contribution >= 0.6 is 0 Å². The van der Waals surface area contributed by atoms with E-state index in [1.165, 1.54) is 44.9 Å². The van der Waals surface area contributed by atoms with Crippen LogP contribution in [0.3, 0.4) is 0 Å². The van der Waals surface area contributed by atoms with Crippen LogP contribution in [0.5, 0.6) is 0 Å². The standard InChI is InChI=1S/C22H41NO2/c1-2-3-4-5-6-9-14-20(19-24)15-10-7-11-16-22(21(23)25)17-12-8-13-18-22/h8,12,20,24H,2-7,9-11,13-19H2,1H3,(H2,23,25). The van der Waals surface area contributed by atoms with E-state index >= 15 is 0 Å². The van der Waals surface area contributed by atoms with Crippen LogP contribution < -0.4 is 5.73 Å². The molecule has 0 bridgehead atoms. The third-order valence-electron chi connectivity index (χ3n) is 5.98. The van der Waals surface area contributed by atoms with Crippen molar-refractivity contribution in [2.75, 3.05) is 6.61 Å². The second kappa shape index (κ2) is 13.4. The van der Waals surface area contributed by atoms with Crippen molar-refractivity contribution in [2.45, 2.75) is 103 Å². The molecule has 3 heteroatoms. The summed E-state index contributed by atoms with van der Waals surface area (Å²) in [5.41, 5.74) is 5.39. The molecule has 0 fully saturated rings. The maximum Gasteiger partial charge on any atom is 0.223 e. The molecule has 1 rings (SSSR count). The Balaban J connectivity index is 2.11. The van der Waals surface area contributed by atoms with Gasteiger partial charge in [0.05, 0.1) is 5.41 Å². The number of aliphatic hydroxyl groups is 1. The van der Waals surface area contributed by atoms with E-state index in [0.717, 1.165) is 51.4 Å². The zero-order valence-electron chi connectivity index (χ0n) is 16.5. The molecule has 2 unspecified atom stereocenters. The number of amides is 1. The number of primary amides is 1. The summed E-state index contributed by atoms with van der Waals surface area (Å²) in [7, 11) is 0. The number of rotatable bonds is 15. The number of hydrogen-bond acceptors (Lipinski definition) is 2. The molecule has 0 radical (unpaired) electrons. The number of nitrogens with two attached hydrogens (primary N) is 1. The maximum absolute atomic E-state index is 11.9. The normalized spacial score (nSPS) is 21.4. The summed E-state index contributed by atoms with van der Waals surface area (Å²) in [5.74, 6) is 0.349. The van der Waals surface area contributed by atoms with Gasteiger partial charge in [-0.05, 0) is 44.4 Å². The Morgan fingerprint density at radius 1 is 1.04 bits per heavy atom. The molecule has 1 aliphatic carbocycles.